The Hall–Kier alpha value is -3.71. The number of hydrogen-bond donors (Lipinski definition) is 1. The maximum Gasteiger partial charge on any atom is 0.227 e. The lowest BCUT2D eigenvalue weighted by atomic mass is 10.1. The minimum atomic E-state index is -0.631. The van der Waals surface area contributed by atoms with E-state index in [0.717, 1.165) is 102 Å². The second-order valence-electron chi connectivity index (χ2n) is 13.1. The van der Waals surface area contributed by atoms with E-state index in [1.54, 1.807) is 6.07 Å². The molecule has 0 aliphatic carbocycles. The van der Waals surface area contributed by atoms with E-state index in [2.05, 4.69) is 59.8 Å². The molecule has 258 valence electrons. The maximum absolute atomic E-state index is 15.2. The van der Waals surface area contributed by atoms with Gasteiger partial charge in [-0.25, -0.2) is 23.7 Å². The first-order chi connectivity index (χ1) is 23.2. The van der Waals surface area contributed by atoms with Gasteiger partial charge >= 0.3 is 0 Å². The minimum Gasteiger partial charge on any atom is -0.492 e. The molecule has 0 unspecified atom stereocenters. The molecule has 0 bridgehead atoms. The molecule has 0 spiro atoms. The van der Waals surface area contributed by atoms with Crippen LogP contribution in [-0.2, 0) is 6.54 Å². The van der Waals surface area contributed by atoms with Crippen molar-refractivity contribution >= 4 is 22.7 Å². The van der Waals surface area contributed by atoms with Gasteiger partial charge in [0, 0.05) is 94.4 Å². The molecule has 4 aromatic rings. The van der Waals surface area contributed by atoms with Gasteiger partial charge < -0.3 is 24.4 Å². The largest absolute Gasteiger partial charge is 0.492 e. The molecule has 0 amide bonds. The molecule has 2 aliphatic rings. The molecular weight excluding hydrogens is 612 g/mol. The monoisotopic (exact) mass is 661 g/mol. The number of fused-ring (bicyclic) bond motifs is 1. The average molecular weight is 662 g/mol. The number of nitrogens with zero attached hydrogens (tertiary/aromatic N) is 8. The van der Waals surface area contributed by atoms with E-state index in [1.165, 1.54) is 6.07 Å². The van der Waals surface area contributed by atoms with Crippen LogP contribution in [0, 0.1) is 18.6 Å². The van der Waals surface area contributed by atoms with Crippen molar-refractivity contribution in [3.05, 3.63) is 59.6 Å². The summed E-state index contributed by atoms with van der Waals surface area (Å²) >= 11 is 0. The third-order valence-corrected chi connectivity index (χ3v) is 9.67. The minimum absolute atomic E-state index is 0.0185. The van der Waals surface area contributed by atoms with E-state index >= 15 is 8.78 Å². The van der Waals surface area contributed by atoms with E-state index in [0.29, 0.717) is 23.5 Å². The summed E-state index contributed by atoms with van der Waals surface area (Å²) in [5.41, 5.74) is 3.07. The van der Waals surface area contributed by atoms with Crippen LogP contribution in [0.15, 0.2) is 36.5 Å². The summed E-state index contributed by atoms with van der Waals surface area (Å²) in [5.74, 6) is 0.582. The van der Waals surface area contributed by atoms with Gasteiger partial charge in [-0.2, -0.15) is 0 Å². The Morgan fingerprint density at radius 1 is 0.833 bits per heavy atom. The van der Waals surface area contributed by atoms with E-state index in [4.69, 9.17) is 4.74 Å². The second kappa shape index (κ2) is 15.2. The first kappa shape index (κ1) is 34.2. The van der Waals surface area contributed by atoms with Crippen LogP contribution in [0.1, 0.15) is 45.1 Å². The van der Waals surface area contributed by atoms with Gasteiger partial charge in [0.15, 0.2) is 11.6 Å². The zero-order valence-corrected chi connectivity index (χ0v) is 29.0. The van der Waals surface area contributed by atoms with Gasteiger partial charge in [0.2, 0.25) is 5.95 Å². The van der Waals surface area contributed by atoms with E-state index in [-0.39, 0.29) is 23.2 Å². The summed E-state index contributed by atoms with van der Waals surface area (Å²) in [6, 6.07) is 9.15. The average Bonchev–Trinajstić information content (AvgIpc) is 3.44. The number of benzene rings is 2. The number of anilines is 2. The van der Waals surface area contributed by atoms with Crippen molar-refractivity contribution in [1.82, 2.24) is 39.1 Å². The molecule has 0 radical (unpaired) electrons. The summed E-state index contributed by atoms with van der Waals surface area (Å²) in [4.78, 5) is 23.0. The van der Waals surface area contributed by atoms with Crippen molar-refractivity contribution in [3.8, 4) is 17.0 Å². The summed E-state index contributed by atoms with van der Waals surface area (Å²) in [7, 11) is 0. The fourth-order valence-electron chi connectivity index (χ4n) is 6.83. The second-order valence-corrected chi connectivity index (χ2v) is 13.1. The molecule has 4 heterocycles. The molecule has 10 nitrogen and oxygen atoms in total. The standard InChI is InChI=1S/C36H49F2N9O/c1-6-43-10-14-45(15-11-43)18-19-48-33-22-29(9-8-27(33)24-46-16-12-44(7-2)13-17-46)41-36-39-23-31(38)34(42-36)28-20-30(37)35-32(21-28)47(25(3)4)26(5)40-35/h8-9,20-23,25H,6-7,10-19,24H2,1-5H3,(H,39,41,42). The van der Waals surface area contributed by atoms with Crippen molar-refractivity contribution in [1.29, 1.82) is 0 Å². The zero-order chi connectivity index (χ0) is 33.8. The number of aromatic nitrogens is 4. The van der Waals surface area contributed by atoms with Crippen molar-refractivity contribution in [2.45, 2.75) is 47.2 Å². The van der Waals surface area contributed by atoms with Crippen LogP contribution in [0.25, 0.3) is 22.3 Å². The summed E-state index contributed by atoms with van der Waals surface area (Å²) < 4.78 is 38.8. The normalized spacial score (nSPS) is 17.1. The number of piperazine rings is 2. The Labute approximate surface area is 282 Å². The number of rotatable bonds is 12. The highest BCUT2D eigenvalue weighted by Crippen LogP contribution is 2.31. The van der Waals surface area contributed by atoms with Crippen molar-refractivity contribution < 1.29 is 13.5 Å². The Bertz CT molecular complexity index is 1690. The predicted molar refractivity (Wildman–Crippen MR) is 187 cm³/mol. The number of likely N-dealkylation sites (N-methyl/N-ethyl adjacent to an activating group) is 2. The molecular formula is C36H49F2N9O. The Morgan fingerprint density at radius 2 is 1.50 bits per heavy atom. The first-order valence-electron chi connectivity index (χ1n) is 17.4. The molecule has 2 aliphatic heterocycles. The lowest BCUT2D eigenvalue weighted by Crippen LogP contribution is -2.47. The van der Waals surface area contributed by atoms with Crippen molar-refractivity contribution in [2.75, 3.05) is 83.9 Å². The van der Waals surface area contributed by atoms with Gasteiger partial charge in [0.1, 0.15) is 29.4 Å². The molecule has 2 saturated heterocycles. The highest BCUT2D eigenvalue weighted by atomic mass is 19.1. The Balaban J connectivity index is 1.22. The zero-order valence-electron chi connectivity index (χ0n) is 29.0. The SMILES string of the molecule is CCN1CCN(CCOc2cc(Nc3ncc(F)c(-c4cc(F)c5nc(C)n(C(C)C)c5c4)n3)ccc2CN2CCN(CC)CC2)CC1. The van der Waals surface area contributed by atoms with Crippen LogP contribution in [-0.4, -0.2) is 118 Å². The maximum atomic E-state index is 15.2. The van der Waals surface area contributed by atoms with Crippen LogP contribution >= 0.6 is 0 Å². The molecule has 12 heteroatoms. The Kier molecular flexibility index (Phi) is 10.8. The van der Waals surface area contributed by atoms with Crippen LogP contribution in [0.5, 0.6) is 5.75 Å². The van der Waals surface area contributed by atoms with E-state index in [1.807, 2.05) is 37.5 Å². The summed E-state index contributed by atoms with van der Waals surface area (Å²) in [5, 5.41) is 3.25. The number of hydrogen-bond acceptors (Lipinski definition) is 9. The molecule has 2 fully saturated rings. The molecule has 1 N–H and O–H groups in total. The molecule has 2 aromatic heterocycles. The van der Waals surface area contributed by atoms with Gasteiger partial charge in [-0.05, 0) is 52.1 Å². The fraction of sp³-hybridized carbons (Fsp3) is 0.528. The first-order valence-corrected chi connectivity index (χ1v) is 17.4. The molecule has 2 aromatic carbocycles. The summed E-state index contributed by atoms with van der Waals surface area (Å²) in [6.07, 6.45) is 1.12. The van der Waals surface area contributed by atoms with Gasteiger partial charge in [-0.15, -0.1) is 0 Å². The third-order valence-electron chi connectivity index (χ3n) is 9.67. The van der Waals surface area contributed by atoms with Crippen molar-refractivity contribution in [3.63, 3.8) is 0 Å². The van der Waals surface area contributed by atoms with Gasteiger partial charge in [0.25, 0.3) is 0 Å². The number of imidazole rings is 1. The Morgan fingerprint density at radius 3 is 2.17 bits per heavy atom. The van der Waals surface area contributed by atoms with E-state index < -0.39 is 11.6 Å². The van der Waals surface area contributed by atoms with Crippen LogP contribution in [0.4, 0.5) is 20.4 Å². The predicted octanol–water partition coefficient (Wildman–Crippen LogP) is 5.56. The lowest BCUT2D eigenvalue weighted by Gasteiger charge is -2.34. The van der Waals surface area contributed by atoms with Gasteiger partial charge in [0.05, 0.1) is 11.7 Å². The molecule has 6 rings (SSSR count). The van der Waals surface area contributed by atoms with E-state index in [9.17, 15) is 0 Å². The number of aryl methyl sites for hydroxylation is 1. The number of nitrogens with one attached hydrogen (secondary N) is 1. The molecule has 0 atom stereocenters. The van der Waals surface area contributed by atoms with Crippen LogP contribution in [0.3, 0.4) is 0 Å². The quantitative estimate of drug-likeness (QED) is 0.210. The highest BCUT2D eigenvalue weighted by molar-refractivity contribution is 5.83. The van der Waals surface area contributed by atoms with Gasteiger partial charge in [-0.1, -0.05) is 19.9 Å². The lowest BCUT2D eigenvalue weighted by molar-refractivity contribution is 0.118. The van der Waals surface area contributed by atoms with Crippen LogP contribution in [0.2, 0.25) is 0 Å². The fourth-order valence-corrected chi connectivity index (χ4v) is 6.83. The highest BCUT2D eigenvalue weighted by Gasteiger charge is 2.21. The number of halogens is 2. The van der Waals surface area contributed by atoms with Crippen molar-refractivity contribution in [2.24, 2.45) is 0 Å². The van der Waals surface area contributed by atoms with Gasteiger partial charge in [-0.3, -0.25) is 9.80 Å². The third kappa shape index (κ3) is 7.78. The molecule has 48 heavy (non-hydrogen) atoms. The smallest absolute Gasteiger partial charge is 0.227 e. The number of ether oxygens (including phenoxy) is 1. The summed E-state index contributed by atoms with van der Waals surface area (Å²) in [6.45, 7) is 23.2. The molecule has 0 saturated carbocycles. The van der Waals surface area contributed by atoms with Crippen LogP contribution < -0.4 is 10.1 Å². The topological polar surface area (TPSA) is 77.8 Å².